The number of nitrogens with one attached hydrogen (secondary N) is 2. The Labute approximate surface area is 204 Å². The average molecular weight is 492 g/mol. The van der Waals surface area contributed by atoms with Crippen molar-refractivity contribution in [2.45, 2.75) is 31.6 Å². The van der Waals surface area contributed by atoms with E-state index in [4.69, 9.17) is 0 Å². The van der Waals surface area contributed by atoms with Gasteiger partial charge in [-0.15, -0.1) is 0 Å². The molecule has 0 fully saturated rings. The number of benzene rings is 3. The van der Waals surface area contributed by atoms with Gasteiger partial charge in [0.2, 0.25) is 5.91 Å². The first-order chi connectivity index (χ1) is 16.7. The number of sulfonamides is 1. The Bertz CT molecular complexity index is 1360. The third-order valence-electron chi connectivity index (χ3n) is 5.83. The van der Waals surface area contributed by atoms with Gasteiger partial charge in [0.1, 0.15) is 0 Å². The van der Waals surface area contributed by atoms with Gasteiger partial charge in [-0.2, -0.15) is 0 Å². The Morgan fingerprint density at radius 2 is 1.40 bits per heavy atom. The van der Waals surface area contributed by atoms with Crippen molar-refractivity contribution < 1.29 is 22.8 Å². The molecule has 0 aliphatic carbocycles. The van der Waals surface area contributed by atoms with E-state index < -0.39 is 10.0 Å². The van der Waals surface area contributed by atoms with Crippen LogP contribution in [0.5, 0.6) is 0 Å². The fourth-order valence-corrected chi connectivity index (χ4v) is 5.15. The van der Waals surface area contributed by atoms with E-state index in [0.29, 0.717) is 28.9 Å². The third kappa shape index (κ3) is 5.09. The Hall–Kier alpha value is -3.98. The maximum Gasteiger partial charge on any atom is 0.261 e. The number of hydrogen-bond acceptors (Lipinski definition) is 5. The molecular weight excluding hydrogens is 466 g/mol. The highest BCUT2D eigenvalue weighted by molar-refractivity contribution is 7.92. The predicted molar refractivity (Wildman–Crippen MR) is 133 cm³/mol. The maximum atomic E-state index is 12.8. The van der Waals surface area contributed by atoms with Crippen LogP contribution in [0.15, 0.2) is 71.6 Å². The fourth-order valence-electron chi connectivity index (χ4n) is 3.95. The van der Waals surface area contributed by atoms with Gasteiger partial charge < -0.3 is 5.32 Å². The smallest absolute Gasteiger partial charge is 0.261 e. The molecule has 0 spiro atoms. The first-order valence-electron chi connectivity index (χ1n) is 11.1. The van der Waals surface area contributed by atoms with Crippen molar-refractivity contribution in [1.29, 1.82) is 0 Å². The summed E-state index contributed by atoms with van der Waals surface area (Å²) in [5.74, 6) is -1.000. The lowest BCUT2D eigenvalue weighted by atomic mass is 10.1. The minimum absolute atomic E-state index is 0.0729. The molecule has 2 N–H and O–H groups in total. The van der Waals surface area contributed by atoms with Crippen molar-refractivity contribution in [2.24, 2.45) is 0 Å². The number of carbonyl (C=O) groups excluding carboxylic acids is 3. The molecule has 8 nitrogen and oxygen atoms in total. The van der Waals surface area contributed by atoms with Gasteiger partial charge in [0.15, 0.2) is 0 Å². The van der Waals surface area contributed by atoms with Crippen LogP contribution in [0.3, 0.4) is 0 Å². The molecule has 0 saturated heterocycles. The van der Waals surface area contributed by atoms with Gasteiger partial charge in [-0.25, -0.2) is 8.42 Å². The van der Waals surface area contributed by atoms with Crippen molar-refractivity contribution in [1.82, 2.24) is 4.90 Å². The summed E-state index contributed by atoms with van der Waals surface area (Å²) in [5, 5.41) is 2.71. The summed E-state index contributed by atoms with van der Waals surface area (Å²) in [7, 11) is -3.79. The second kappa shape index (κ2) is 9.71. The van der Waals surface area contributed by atoms with Gasteiger partial charge in [0.25, 0.3) is 21.8 Å². The topological polar surface area (TPSA) is 113 Å². The molecule has 3 aromatic rings. The highest BCUT2D eigenvalue weighted by Crippen LogP contribution is 2.25. The number of carbonyl (C=O) groups is 3. The minimum Gasteiger partial charge on any atom is -0.326 e. The summed E-state index contributed by atoms with van der Waals surface area (Å²) < 4.78 is 28.2. The van der Waals surface area contributed by atoms with Crippen LogP contribution in [0.1, 0.15) is 44.7 Å². The van der Waals surface area contributed by atoms with Crippen LogP contribution in [-0.4, -0.2) is 37.6 Å². The maximum absolute atomic E-state index is 12.8. The van der Waals surface area contributed by atoms with E-state index in [1.807, 2.05) is 32.0 Å². The molecule has 180 valence electrons. The van der Waals surface area contributed by atoms with Crippen molar-refractivity contribution in [3.05, 3.63) is 89.0 Å². The molecule has 9 heteroatoms. The normalized spacial score (nSPS) is 13.0. The van der Waals surface area contributed by atoms with Gasteiger partial charge in [-0.1, -0.05) is 30.3 Å². The lowest BCUT2D eigenvalue weighted by molar-refractivity contribution is -0.116. The number of hydrogen-bond donors (Lipinski definition) is 2. The van der Waals surface area contributed by atoms with E-state index >= 15 is 0 Å². The largest absolute Gasteiger partial charge is 0.326 e. The fraction of sp³-hybridized carbons (Fsp3) is 0.192. The number of para-hydroxylation sites is 1. The Kier molecular flexibility index (Phi) is 6.70. The number of fused-ring (bicyclic) bond motifs is 1. The summed E-state index contributed by atoms with van der Waals surface area (Å²) in [6.45, 7) is 3.80. The Morgan fingerprint density at radius 1 is 0.829 bits per heavy atom. The number of anilines is 2. The van der Waals surface area contributed by atoms with Crippen LogP contribution in [0.2, 0.25) is 0 Å². The molecule has 35 heavy (non-hydrogen) atoms. The zero-order valence-corrected chi connectivity index (χ0v) is 20.2. The highest BCUT2D eigenvalue weighted by Gasteiger charge is 2.34. The van der Waals surface area contributed by atoms with Crippen LogP contribution in [0.4, 0.5) is 11.4 Å². The van der Waals surface area contributed by atoms with E-state index in [0.717, 1.165) is 16.0 Å². The first-order valence-corrected chi connectivity index (χ1v) is 12.6. The molecule has 3 aromatic carbocycles. The lowest BCUT2D eigenvalue weighted by Crippen LogP contribution is -2.31. The van der Waals surface area contributed by atoms with Crippen LogP contribution in [0, 0.1) is 13.8 Å². The second-order valence-corrected chi connectivity index (χ2v) is 10.0. The standard InChI is InChI=1S/C26H25N3O5S/c1-17-7-5-8-18(2)24(17)28-35(33,34)20-14-12-19(13-15-20)27-23(30)11-6-16-29-25(31)21-9-3-4-10-22(21)26(29)32/h3-5,7-10,12-15,28H,6,11,16H2,1-2H3,(H,27,30). The number of amides is 3. The summed E-state index contributed by atoms with van der Waals surface area (Å²) >= 11 is 0. The van der Waals surface area contributed by atoms with Gasteiger partial charge in [-0.05, 0) is 67.8 Å². The molecule has 0 radical (unpaired) electrons. The molecule has 0 aromatic heterocycles. The van der Waals surface area contributed by atoms with Crippen LogP contribution < -0.4 is 10.0 Å². The minimum atomic E-state index is -3.79. The van der Waals surface area contributed by atoms with E-state index in [1.54, 1.807) is 24.3 Å². The van der Waals surface area contributed by atoms with Gasteiger partial charge >= 0.3 is 0 Å². The molecule has 3 amide bonds. The number of aryl methyl sites for hydroxylation is 2. The zero-order valence-electron chi connectivity index (χ0n) is 19.4. The van der Waals surface area contributed by atoms with E-state index in [2.05, 4.69) is 10.0 Å². The molecule has 0 bridgehead atoms. The van der Waals surface area contributed by atoms with E-state index in [9.17, 15) is 22.8 Å². The molecule has 1 heterocycles. The van der Waals surface area contributed by atoms with Crippen LogP contribution >= 0.6 is 0 Å². The molecule has 1 aliphatic rings. The summed E-state index contributed by atoms with van der Waals surface area (Å²) in [4.78, 5) is 38.3. The molecule has 0 unspecified atom stereocenters. The van der Waals surface area contributed by atoms with Gasteiger partial charge in [0, 0.05) is 18.7 Å². The number of imide groups is 1. The summed E-state index contributed by atoms with van der Waals surface area (Å²) in [5.41, 5.74) is 3.38. The number of rotatable bonds is 8. The SMILES string of the molecule is Cc1cccc(C)c1NS(=O)(=O)c1ccc(NC(=O)CCCN2C(=O)c3ccccc3C2=O)cc1. The van der Waals surface area contributed by atoms with Crippen molar-refractivity contribution >= 4 is 39.1 Å². The molecule has 0 atom stereocenters. The molecule has 1 aliphatic heterocycles. The van der Waals surface area contributed by atoms with Gasteiger partial charge in [0.05, 0.1) is 21.7 Å². The average Bonchev–Trinajstić information content (AvgIpc) is 3.07. The van der Waals surface area contributed by atoms with E-state index in [1.165, 1.54) is 24.3 Å². The van der Waals surface area contributed by atoms with Crippen molar-refractivity contribution in [2.75, 3.05) is 16.6 Å². The Morgan fingerprint density at radius 3 is 1.97 bits per heavy atom. The summed E-state index contributed by atoms with van der Waals surface area (Å²) in [6.07, 6.45) is 0.408. The monoisotopic (exact) mass is 491 g/mol. The summed E-state index contributed by atoms with van der Waals surface area (Å²) in [6, 6.07) is 18.0. The van der Waals surface area contributed by atoms with Crippen LogP contribution in [0.25, 0.3) is 0 Å². The zero-order chi connectivity index (χ0) is 25.2. The molecular formula is C26H25N3O5S. The van der Waals surface area contributed by atoms with Crippen molar-refractivity contribution in [3.63, 3.8) is 0 Å². The first kappa shape index (κ1) is 24.2. The van der Waals surface area contributed by atoms with Crippen molar-refractivity contribution in [3.8, 4) is 0 Å². The second-order valence-electron chi connectivity index (χ2n) is 8.36. The number of nitrogens with zero attached hydrogens (tertiary/aromatic N) is 1. The quantitative estimate of drug-likeness (QED) is 0.460. The van der Waals surface area contributed by atoms with E-state index in [-0.39, 0.29) is 35.6 Å². The Balaban J connectivity index is 1.31. The van der Waals surface area contributed by atoms with Gasteiger partial charge in [-0.3, -0.25) is 24.0 Å². The van der Waals surface area contributed by atoms with Crippen LogP contribution in [-0.2, 0) is 14.8 Å². The third-order valence-corrected chi connectivity index (χ3v) is 7.20. The highest BCUT2D eigenvalue weighted by atomic mass is 32.2. The molecule has 0 saturated carbocycles. The lowest BCUT2D eigenvalue weighted by Gasteiger charge is -2.14. The molecule has 4 rings (SSSR count). The predicted octanol–water partition coefficient (Wildman–Crippen LogP) is 4.12.